The van der Waals surface area contributed by atoms with E-state index >= 15 is 0 Å². The molecule has 0 aromatic carbocycles. The summed E-state index contributed by atoms with van der Waals surface area (Å²) in [5, 5.41) is 15.3. The summed E-state index contributed by atoms with van der Waals surface area (Å²) >= 11 is 0. The zero-order chi connectivity index (χ0) is 14.2. The molecule has 0 aromatic heterocycles. The number of rotatable bonds is 3. The zero-order valence-electron chi connectivity index (χ0n) is 12.9. The predicted molar refractivity (Wildman–Crippen MR) is 77.0 cm³/mol. The lowest BCUT2D eigenvalue weighted by molar-refractivity contribution is -0.993. The quantitative estimate of drug-likeness (QED) is 0.556. The van der Waals surface area contributed by atoms with Gasteiger partial charge in [-0.3, -0.25) is 0 Å². The molecule has 3 nitrogen and oxygen atoms in total. The van der Waals surface area contributed by atoms with Crippen LogP contribution in [0, 0.1) is 11.1 Å². The lowest BCUT2D eigenvalue weighted by Crippen LogP contribution is -2.67. The van der Waals surface area contributed by atoms with Crippen LogP contribution < -0.4 is 0 Å². The van der Waals surface area contributed by atoms with Gasteiger partial charge >= 0.3 is 0 Å². The van der Waals surface area contributed by atoms with Crippen molar-refractivity contribution in [2.24, 2.45) is 5.92 Å². The third-order valence-corrected chi connectivity index (χ3v) is 3.41. The minimum atomic E-state index is -0.412. The van der Waals surface area contributed by atoms with Crippen molar-refractivity contribution in [3.63, 3.8) is 0 Å². The topological polar surface area (TPSA) is 26.3 Å². The van der Waals surface area contributed by atoms with Gasteiger partial charge in [-0.1, -0.05) is 13.8 Å². The van der Waals surface area contributed by atoms with Crippen LogP contribution in [-0.4, -0.2) is 20.8 Å². The van der Waals surface area contributed by atoms with Gasteiger partial charge in [-0.25, -0.2) is 9.76 Å². The van der Waals surface area contributed by atoms with E-state index in [1.54, 1.807) is 6.20 Å². The monoisotopic (exact) mass is 252 g/mol. The van der Waals surface area contributed by atoms with Crippen LogP contribution in [-0.2, 0) is 0 Å². The van der Waals surface area contributed by atoms with Crippen molar-refractivity contribution in [1.82, 2.24) is 5.01 Å². The summed E-state index contributed by atoms with van der Waals surface area (Å²) in [5.41, 5.74) is -0.569. The van der Waals surface area contributed by atoms with Gasteiger partial charge in [0.05, 0.1) is 11.7 Å². The molecular weight excluding hydrogens is 224 g/mol. The summed E-state index contributed by atoms with van der Waals surface area (Å²) in [6.45, 7) is 14.7. The summed E-state index contributed by atoms with van der Waals surface area (Å²) in [6.07, 6.45) is 8.35. The standard InChI is InChI=1S/C15H28N2O/c1-13(2)12-15(6,7)17(18)11-9-8-10-16(17)14(3,4)5/h8-11,13H,12H2,1-7H3. The third kappa shape index (κ3) is 2.78. The highest BCUT2D eigenvalue weighted by molar-refractivity contribution is 5.05. The van der Waals surface area contributed by atoms with Crippen molar-refractivity contribution in [3.8, 4) is 0 Å². The molecule has 1 aliphatic rings. The van der Waals surface area contributed by atoms with Crippen molar-refractivity contribution < 1.29 is 4.76 Å². The van der Waals surface area contributed by atoms with Crippen molar-refractivity contribution >= 4 is 0 Å². The first-order chi connectivity index (χ1) is 8.01. The maximum atomic E-state index is 13.4. The molecule has 0 saturated heterocycles. The van der Waals surface area contributed by atoms with E-state index in [1.165, 1.54) is 0 Å². The van der Waals surface area contributed by atoms with Gasteiger partial charge in [0.15, 0.2) is 0 Å². The maximum absolute atomic E-state index is 13.4. The first kappa shape index (κ1) is 15.3. The molecule has 18 heavy (non-hydrogen) atoms. The van der Waals surface area contributed by atoms with Crippen molar-refractivity contribution in [2.45, 2.75) is 66.0 Å². The molecule has 0 spiro atoms. The summed E-state index contributed by atoms with van der Waals surface area (Å²) in [6, 6.07) is 0. The Morgan fingerprint density at radius 2 is 1.67 bits per heavy atom. The van der Waals surface area contributed by atoms with E-state index in [0.29, 0.717) is 5.92 Å². The second-order valence-corrected chi connectivity index (χ2v) is 7.23. The molecule has 0 aliphatic carbocycles. The van der Waals surface area contributed by atoms with E-state index in [-0.39, 0.29) is 11.1 Å². The smallest absolute Gasteiger partial charge is 0.121 e. The van der Waals surface area contributed by atoms with E-state index in [4.69, 9.17) is 0 Å². The summed E-state index contributed by atoms with van der Waals surface area (Å²) in [7, 11) is 0. The Morgan fingerprint density at radius 3 is 2.11 bits per heavy atom. The average Bonchev–Trinajstić information content (AvgIpc) is 2.14. The van der Waals surface area contributed by atoms with Gasteiger partial charge < -0.3 is 5.21 Å². The third-order valence-electron chi connectivity index (χ3n) is 3.41. The van der Waals surface area contributed by atoms with Gasteiger partial charge in [0.2, 0.25) is 0 Å². The fourth-order valence-corrected chi connectivity index (χ4v) is 2.76. The Hall–Kier alpha value is -0.800. The molecule has 0 radical (unpaired) electrons. The summed E-state index contributed by atoms with van der Waals surface area (Å²) in [4.78, 5) is 0. The van der Waals surface area contributed by atoms with Crippen molar-refractivity contribution in [2.75, 3.05) is 0 Å². The number of hydrogen-bond donors (Lipinski definition) is 0. The van der Waals surface area contributed by atoms with Crippen LogP contribution >= 0.6 is 0 Å². The molecule has 1 aliphatic heterocycles. The molecule has 1 heterocycles. The minimum absolute atomic E-state index is 0.197. The Morgan fingerprint density at radius 1 is 1.11 bits per heavy atom. The van der Waals surface area contributed by atoms with Crippen LogP contribution in [0.15, 0.2) is 24.6 Å². The Bertz CT molecular complexity index is 350. The van der Waals surface area contributed by atoms with Gasteiger partial charge in [-0.05, 0) is 52.7 Å². The lowest BCUT2D eigenvalue weighted by atomic mass is 9.91. The largest absolute Gasteiger partial charge is 0.601 e. The summed E-state index contributed by atoms with van der Waals surface area (Å²) in [5.74, 6) is 0.505. The fourth-order valence-electron chi connectivity index (χ4n) is 2.76. The normalized spacial score (nSPS) is 25.1. The van der Waals surface area contributed by atoms with E-state index in [0.717, 1.165) is 6.42 Å². The average molecular weight is 252 g/mol. The molecule has 1 atom stereocenters. The Balaban J connectivity index is 3.15. The Kier molecular flexibility index (Phi) is 3.99. The second-order valence-electron chi connectivity index (χ2n) is 7.23. The van der Waals surface area contributed by atoms with Crippen LogP contribution in [0.3, 0.4) is 0 Å². The van der Waals surface area contributed by atoms with E-state index < -0.39 is 4.76 Å². The SMILES string of the molecule is CC(C)CC(C)(C)[N+]1([O-])C=CC=CN1C(C)(C)C. The fraction of sp³-hybridized carbons (Fsp3) is 0.733. The number of quaternary nitrogens is 1. The Labute approximate surface area is 112 Å². The van der Waals surface area contributed by atoms with Crippen LogP contribution in [0.4, 0.5) is 0 Å². The van der Waals surface area contributed by atoms with E-state index in [1.807, 2.05) is 23.4 Å². The first-order valence-corrected chi connectivity index (χ1v) is 6.76. The second kappa shape index (κ2) is 4.71. The molecule has 3 heteroatoms. The molecule has 0 amide bonds. The van der Waals surface area contributed by atoms with Crippen LogP contribution in [0.1, 0.15) is 54.9 Å². The molecule has 1 unspecified atom stereocenters. The molecule has 0 bridgehead atoms. The molecule has 0 saturated carbocycles. The van der Waals surface area contributed by atoms with Crippen molar-refractivity contribution in [1.29, 1.82) is 0 Å². The molecule has 104 valence electrons. The molecule has 0 aromatic rings. The van der Waals surface area contributed by atoms with Gasteiger partial charge in [-0.2, -0.15) is 0 Å². The van der Waals surface area contributed by atoms with Crippen LogP contribution in [0.25, 0.3) is 0 Å². The molecule has 0 N–H and O–H groups in total. The predicted octanol–water partition coefficient (Wildman–Crippen LogP) is 4.18. The number of hydroxylamine groups is 2. The van der Waals surface area contributed by atoms with Crippen molar-refractivity contribution in [3.05, 3.63) is 29.8 Å². The van der Waals surface area contributed by atoms with Gasteiger partial charge in [0, 0.05) is 6.42 Å². The number of allylic oxidation sites excluding steroid dienone is 2. The van der Waals surface area contributed by atoms with Crippen LogP contribution in [0.2, 0.25) is 0 Å². The first-order valence-electron chi connectivity index (χ1n) is 6.76. The molecule has 1 rings (SSSR count). The lowest BCUT2D eigenvalue weighted by Gasteiger charge is -2.60. The zero-order valence-corrected chi connectivity index (χ0v) is 12.9. The van der Waals surface area contributed by atoms with E-state index in [2.05, 4.69) is 48.5 Å². The van der Waals surface area contributed by atoms with Gasteiger partial charge in [0.1, 0.15) is 11.7 Å². The minimum Gasteiger partial charge on any atom is -0.601 e. The highest BCUT2D eigenvalue weighted by Gasteiger charge is 2.45. The maximum Gasteiger partial charge on any atom is 0.121 e. The highest BCUT2D eigenvalue weighted by atomic mass is 16.6. The van der Waals surface area contributed by atoms with Gasteiger partial charge in [0.25, 0.3) is 0 Å². The number of nitrogens with zero attached hydrogens (tertiary/aromatic N) is 2. The van der Waals surface area contributed by atoms with E-state index in [9.17, 15) is 5.21 Å². The van der Waals surface area contributed by atoms with Crippen LogP contribution in [0.5, 0.6) is 0 Å². The molecular formula is C15H28N2O. The number of hydrogen-bond acceptors (Lipinski definition) is 2. The highest BCUT2D eigenvalue weighted by Crippen LogP contribution is 2.38. The summed E-state index contributed by atoms with van der Waals surface area (Å²) < 4.78 is -0.412. The van der Waals surface area contributed by atoms with Gasteiger partial charge in [-0.15, -0.1) is 0 Å². The molecule has 0 fully saturated rings.